The van der Waals surface area contributed by atoms with Gasteiger partial charge in [0, 0.05) is 4.47 Å². The Hall–Kier alpha value is -1.44. The Bertz CT molecular complexity index is 888. The van der Waals surface area contributed by atoms with E-state index in [0.29, 0.717) is 21.8 Å². The van der Waals surface area contributed by atoms with E-state index in [2.05, 4.69) is 42.2 Å². The summed E-state index contributed by atoms with van der Waals surface area (Å²) in [5, 5.41) is 8.22. The molecule has 3 rings (SSSR count). The summed E-state index contributed by atoms with van der Waals surface area (Å²) in [5.41, 5.74) is 1.95. The zero-order valence-electron chi connectivity index (χ0n) is 11.9. The number of ether oxygens (including phenoxy) is 1. The highest BCUT2D eigenvalue weighted by molar-refractivity contribution is 9.11. The molecule has 0 spiro atoms. The summed E-state index contributed by atoms with van der Waals surface area (Å²) in [7, 11) is 0. The van der Waals surface area contributed by atoms with Crippen LogP contribution in [0.5, 0.6) is 5.75 Å². The van der Waals surface area contributed by atoms with Crippen molar-refractivity contribution in [3.8, 4) is 5.75 Å². The van der Waals surface area contributed by atoms with E-state index in [0.717, 1.165) is 14.5 Å². The highest BCUT2D eigenvalue weighted by Crippen LogP contribution is 2.32. The molecule has 118 valence electrons. The maximum absolute atomic E-state index is 12.4. The lowest BCUT2D eigenvalue weighted by Crippen LogP contribution is -2.21. The molecule has 0 saturated heterocycles. The van der Waals surface area contributed by atoms with Crippen LogP contribution in [0.3, 0.4) is 0 Å². The van der Waals surface area contributed by atoms with E-state index >= 15 is 0 Å². The van der Waals surface area contributed by atoms with Crippen molar-refractivity contribution in [2.45, 2.75) is 6.92 Å². The number of fused-ring (bicyclic) bond motifs is 1. The van der Waals surface area contributed by atoms with Crippen molar-refractivity contribution in [2.75, 3.05) is 6.61 Å². The van der Waals surface area contributed by atoms with Crippen molar-refractivity contribution < 1.29 is 9.53 Å². The minimum absolute atomic E-state index is 0.176. The van der Waals surface area contributed by atoms with Crippen molar-refractivity contribution in [2.24, 2.45) is 0 Å². The summed E-state index contributed by atoms with van der Waals surface area (Å²) in [5.74, 6) is 0.256. The molecule has 1 heterocycles. The van der Waals surface area contributed by atoms with E-state index in [1.165, 1.54) is 4.68 Å². The standard InChI is InChI=1S/C15H10Br2ClN3O2/c1-8-5-9(16)6-10(17)15(8)23-7-13(22)21-14-11(18)3-2-4-12(14)19-20-21/h2-6H,7H2,1H3. The average Bonchev–Trinajstić information content (AvgIpc) is 2.91. The van der Waals surface area contributed by atoms with Crippen LogP contribution in [0.4, 0.5) is 0 Å². The number of carbonyl (C=O) groups excluding carboxylic acids is 1. The molecule has 1 aromatic heterocycles. The molecule has 0 fully saturated rings. The van der Waals surface area contributed by atoms with Gasteiger partial charge in [-0.1, -0.05) is 38.8 Å². The molecule has 0 atom stereocenters. The van der Waals surface area contributed by atoms with Gasteiger partial charge in [0.05, 0.1) is 9.50 Å². The van der Waals surface area contributed by atoms with Gasteiger partial charge in [0.25, 0.3) is 5.91 Å². The number of benzene rings is 2. The third-order valence-electron chi connectivity index (χ3n) is 3.19. The lowest BCUT2D eigenvalue weighted by atomic mass is 10.2. The molecule has 0 radical (unpaired) electrons. The number of rotatable bonds is 3. The van der Waals surface area contributed by atoms with Gasteiger partial charge < -0.3 is 4.74 Å². The second-order valence-corrected chi connectivity index (χ2v) is 7.00. The quantitative estimate of drug-likeness (QED) is 0.573. The fourth-order valence-corrected chi connectivity index (χ4v) is 3.98. The predicted octanol–water partition coefficient (Wildman–Crippen LogP) is 4.64. The van der Waals surface area contributed by atoms with E-state index < -0.39 is 0 Å². The van der Waals surface area contributed by atoms with Gasteiger partial charge in [-0.15, -0.1) is 5.10 Å². The number of hydrogen-bond donors (Lipinski definition) is 0. The van der Waals surface area contributed by atoms with Crippen LogP contribution in [0.15, 0.2) is 39.3 Å². The smallest absolute Gasteiger partial charge is 0.286 e. The van der Waals surface area contributed by atoms with E-state index in [4.69, 9.17) is 16.3 Å². The maximum atomic E-state index is 12.4. The summed E-state index contributed by atoms with van der Waals surface area (Å²) in [6, 6.07) is 8.95. The molecule has 0 bridgehead atoms. The molecule has 0 N–H and O–H groups in total. The Morgan fingerprint density at radius 3 is 2.87 bits per heavy atom. The molecule has 0 aliphatic rings. The van der Waals surface area contributed by atoms with Crippen LogP contribution < -0.4 is 4.74 Å². The van der Waals surface area contributed by atoms with Crippen LogP contribution in [-0.4, -0.2) is 27.5 Å². The predicted molar refractivity (Wildman–Crippen MR) is 95.2 cm³/mol. The second kappa shape index (κ2) is 6.59. The fourth-order valence-electron chi connectivity index (χ4n) is 2.17. The SMILES string of the molecule is Cc1cc(Br)cc(Br)c1OCC(=O)n1nnc2cccc(Cl)c21. The van der Waals surface area contributed by atoms with Gasteiger partial charge >= 0.3 is 0 Å². The first kappa shape index (κ1) is 16.4. The average molecular weight is 460 g/mol. The van der Waals surface area contributed by atoms with Crippen LogP contribution in [-0.2, 0) is 0 Å². The lowest BCUT2D eigenvalue weighted by molar-refractivity contribution is 0.0823. The minimum Gasteiger partial charge on any atom is -0.482 e. The summed E-state index contributed by atoms with van der Waals surface area (Å²) >= 11 is 13.0. The summed E-state index contributed by atoms with van der Waals surface area (Å²) in [6.45, 7) is 1.72. The lowest BCUT2D eigenvalue weighted by Gasteiger charge is -2.11. The zero-order valence-corrected chi connectivity index (χ0v) is 15.8. The Morgan fingerprint density at radius 2 is 2.13 bits per heavy atom. The van der Waals surface area contributed by atoms with Crippen LogP contribution >= 0.6 is 43.5 Å². The van der Waals surface area contributed by atoms with Crippen LogP contribution in [0.2, 0.25) is 5.02 Å². The first-order valence-electron chi connectivity index (χ1n) is 6.59. The Kier molecular flexibility index (Phi) is 4.70. The molecule has 0 saturated carbocycles. The molecular weight excluding hydrogens is 449 g/mol. The topological polar surface area (TPSA) is 57.0 Å². The van der Waals surface area contributed by atoms with Crippen LogP contribution in [0, 0.1) is 6.92 Å². The van der Waals surface area contributed by atoms with Gasteiger partial charge in [-0.2, -0.15) is 4.68 Å². The molecule has 2 aromatic carbocycles. The van der Waals surface area contributed by atoms with Gasteiger partial charge in [0.15, 0.2) is 6.61 Å². The number of hydrogen-bond acceptors (Lipinski definition) is 4. The van der Waals surface area contributed by atoms with Crippen molar-refractivity contribution in [3.05, 3.63) is 49.9 Å². The van der Waals surface area contributed by atoms with Crippen molar-refractivity contribution >= 4 is 60.4 Å². The molecular formula is C15H10Br2ClN3O2. The number of carbonyl (C=O) groups is 1. The summed E-state index contributed by atoms with van der Waals surface area (Å²) < 4.78 is 8.50. The molecule has 0 unspecified atom stereocenters. The van der Waals surface area contributed by atoms with Crippen LogP contribution in [0.1, 0.15) is 10.4 Å². The zero-order chi connectivity index (χ0) is 16.6. The second-order valence-electron chi connectivity index (χ2n) is 4.82. The summed E-state index contributed by atoms with van der Waals surface area (Å²) in [4.78, 5) is 12.4. The van der Waals surface area contributed by atoms with Crippen LogP contribution in [0.25, 0.3) is 11.0 Å². The molecule has 0 aliphatic carbocycles. The Labute approximate surface area is 153 Å². The molecule has 0 aliphatic heterocycles. The maximum Gasteiger partial charge on any atom is 0.286 e. The Morgan fingerprint density at radius 1 is 1.35 bits per heavy atom. The molecule has 0 amide bonds. The normalized spacial score (nSPS) is 11.0. The molecule has 3 aromatic rings. The Balaban J connectivity index is 1.85. The van der Waals surface area contributed by atoms with E-state index in [1.54, 1.807) is 18.2 Å². The van der Waals surface area contributed by atoms with Gasteiger partial charge in [-0.3, -0.25) is 4.79 Å². The first-order chi connectivity index (χ1) is 11.0. The van der Waals surface area contributed by atoms with E-state index in [9.17, 15) is 4.79 Å². The van der Waals surface area contributed by atoms with Gasteiger partial charge in [-0.05, 0) is 52.7 Å². The number of aromatic nitrogens is 3. The first-order valence-corrected chi connectivity index (χ1v) is 8.55. The number of halogens is 3. The fraction of sp³-hybridized carbons (Fsp3) is 0.133. The summed E-state index contributed by atoms with van der Waals surface area (Å²) in [6.07, 6.45) is 0. The minimum atomic E-state index is -0.352. The third-order valence-corrected chi connectivity index (χ3v) is 4.54. The highest BCUT2D eigenvalue weighted by atomic mass is 79.9. The van der Waals surface area contributed by atoms with E-state index in [1.807, 2.05) is 19.1 Å². The van der Waals surface area contributed by atoms with E-state index in [-0.39, 0.29) is 12.5 Å². The number of nitrogens with zero attached hydrogens (tertiary/aromatic N) is 3. The number of aryl methyl sites for hydroxylation is 1. The largest absolute Gasteiger partial charge is 0.482 e. The van der Waals surface area contributed by atoms with Crippen molar-refractivity contribution in [1.29, 1.82) is 0 Å². The molecule has 5 nitrogen and oxygen atoms in total. The third kappa shape index (κ3) is 3.27. The number of para-hydroxylation sites is 1. The van der Waals surface area contributed by atoms with Gasteiger partial charge in [-0.25, -0.2) is 0 Å². The van der Waals surface area contributed by atoms with Gasteiger partial charge in [0.2, 0.25) is 0 Å². The highest BCUT2D eigenvalue weighted by Gasteiger charge is 2.16. The molecule has 23 heavy (non-hydrogen) atoms. The van der Waals surface area contributed by atoms with Crippen molar-refractivity contribution in [3.63, 3.8) is 0 Å². The van der Waals surface area contributed by atoms with Crippen molar-refractivity contribution in [1.82, 2.24) is 15.0 Å². The monoisotopic (exact) mass is 457 g/mol. The van der Waals surface area contributed by atoms with Gasteiger partial charge in [0.1, 0.15) is 16.8 Å². The molecule has 8 heteroatoms.